The van der Waals surface area contributed by atoms with Crippen LogP contribution in [0.15, 0.2) is 18.9 Å². The van der Waals surface area contributed by atoms with Crippen molar-refractivity contribution < 1.29 is 4.79 Å². The minimum absolute atomic E-state index is 0.264. The van der Waals surface area contributed by atoms with E-state index in [9.17, 15) is 4.79 Å². The van der Waals surface area contributed by atoms with E-state index in [0.717, 1.165) is 37.8 Å². The maximum atomic E-state index is 10.9. The van der Waals surface area contributed by atoms with Crippen LogP contribution in [-0.2, 0) is 6.54 Å². The Kier molecular flexibility index (Phi) is 4.96. The molecule has 0 amide bonds. The molecule has 1 aromatic heterocycles. The lowest BCUT2D eigenvalue weighted by Crippen LogP contribution is -2.01. The summed E-state index contributed by atoms with van der Waals surface area (Å²) in [5, 5.41) is 4.47. The van der Waals surface area contributed by atoms with E-state index < -0.39 is 0 Å². The van der Waals surface area contributed by atoms with Crippen molar-refractivity contribution >= 4 is 6.29 Å². The van der Waals surface area contributed by atoms with Crippen LogP contribution in [0.5, 0.6) is 0 Å². The van der Waals surface area contributed by atoms with Gasteiger partial charge in [-0.2, -0.15) is 5.10 Å². The SMILES string of the molecule is C=CCC(C)c1nn(CCCC)cc1C=O. The summed E-state index contributed by atoms with van der Waals surface area (Å²) in [5.74, 6) is 0.264. The third-order valence-corrected chi connectivity index (χ3v) is 2.67. The summed E-state index contributed by atoms with van der Waals surface area (Å²) >= 11 is 0. The number of aromatic nitrogens is 2. The van der Waals surface area contributed by atoms with Gasteiger partial charge in [-0.3, -0.25) is 9.48 Å². The topological polar surface area (TPSA) is 34.9 Å². The predicted molar refractivity (Wildman–Crippen MR) is 65.8 cm³/mol. The summed E-state index contributed by atoms with van der Waals surface area (Å²) in [5.41, 5.74) is 1.61. The first-order valence-electron chi connectivity index (χ1n) is 5.86. The van der Waals surface area contributed by atoms with Crippen LogP contribution >= 0.6 is 0 Å². The molecule has 0 N–H and O–H groups in total. The van der Waals surface area contributed by atoms with E-state index in [2.05, 4.69) is 25.5 Å². The number of rotatable bonds is 7. The minimum Gasteiger partial charge on any atom is -0.298 e. The summed E-state index contributed by atoms with van der Waals surface area (Å²) in [6, 6.07) is 0. The highest BCUT2D eigenvalue weighted by molar-refractivity contribution is 5.76. The zero-order chi connectivity index (χ0) is 12.0. The molecule has 0 aromatic carbocycles. The maximum absolute atomic E-state index is 10.9. The van der Waals surface area contributed by atoms with Gasteiger partial charge in [0.25, 0.3) is 0 Å². The fraction of sp³-hybridized carbons (Fsp3) is 0.538. The second kappa shape index (κ2) is 6.26. The quantitative estimate of drug-likeness (QED) is 0.522. The number of unbranched alkanes of at least 4 members (excludes halogenated alkanes) is 1. The van der Waals surface area contributed by atoms with Crippen molar-refractivity contribution in [3.05, 3.63) is 30.1 Å². The molecule has 0 aliphatic carbocycles. The summed E-state index contributed by atoms with van der Waals surface area (Å²) in [7, 11) is 0. The summed E-state index contributed by atoms with van der Waals surface area (Å²) in [6.45, 7) is 8.82. The molecule has 0 spiro atoms. The second-order valence-electron chi connectivity index (χ2n) is 4.13. The average molecular weight is 220 g/mol. The lowest BCUT2D eigenvalue weighted by atomic mass is 10.0. The molecule has 88 valence electrons. The molecule has 0 fully saturated rings. The Morgan fingerprint density at radius 3 is 2.94 bits per heavy atom. The second-order valence-corrected chi connectivity index (χ2v) is 4.13. The normalized spacial score (nSPS) is 12.4. The fourth-order valence-electron chi connectivity index (χ4n) is 1.72. The van der Waals surface area contributed by atoms with E-state index in [1.807, 2.05) is 17.0 Å². The van der Waals surface area contributed by atoms with Crippen LogP contribution in [0.3, 0.4) is 0 Å². The van der Waals surface area contributed by atoms with Gasteiger partial charge in [0.1, 0.15) is 0 Å². The third-order valence-electron chi connectivity index (χ3n) is 2.67. The lowest BCUT2D eigenvalue weighted by Gasteiger charge is -2.05. The Morgan fingerprint density at radius 1 is 1.62 bits per heavy atom. The van der Waals surface area contributed by atoms with Gasteiger partial charge in [0.15, 0.2) is 6.29 Å². The summed E-state index contributed by atoms with van der Waals surface area (Å²) in [4.78, 5) is 10.9. The number of hydrogen-bond acceptors (Lipinski definition) is 2. The van der Waals surface area contributed by atoms with Crippen LogP contribution in [0.4, 0.5) is 0 Å². The number of aldehydes is 1. The molecule has 1 heterocycles. The number of aryl methyl sites for hydroxylation is 1. The minimum atomic E-state index is 0.264. The van der Waals surface area contributed by atoms with Crippen molar-refractivity contribution in [1.29, 1.82) is 0 Å². The van der Waals surface area contributed by atoms with E-state index in [4.69, 9.17) is 0 Å². The molecular weight excluding hydrogens is 200 g/mol. The van der Waals surface area contributed by atoms with Crippen molar-refractivity contribution in [2.24, 2.45) is 0 Å². The van der Waals surface area contributed by atoms with Crippen molar-refractivity contribution in [1.82, 2.24) is 9.78 Å². The first-order valence-corrected chi connectivity index (χ1v) is 5.86. The van der Waals surface area contributed by atoms with Gasteiger partial charge in [-0.25, -0.2) is 0 Å². The summed E-state index contributed by atoms with van der Waals surface area (Å²) in [6.07, 6.45) is 7.68. The van der Waals surface area contributed by atoms with Gasteiger partial charge in [0.05, 0.1) is 11.3 Å². The van der Waals surface area contributed by atoms with Gasteiger partial charge in [-0.15, -0.1) is 6.58 Å². The molecule has 16 heavy (non-hydrogen) atoms. The largest absolute Gasteiger partial charge is 0.298 e. The highest BCUT2D eigenvalue weighted by Crippen LogP contribution is 2.20. The predicted octanol–water partition coefficient (Wildman–Crippen LogP) is 3.18. The molecular formula is C13H20N2O. The highest BCUT2D eigenvalue weighted by atomic mass is 16.1. The van der Waals surface area contributed by atoms with Crippen LogP contribution < -0.4 is 0 Å². The van der Waals surface area contributed by atoms with E-state index >= 15 is 0 Å². The highest BCUT2D eigenvalue weighted by Gasteiger charge is 2.13. The summed E-state index contributed by atoms with van der Waals surface area (Å²) < 4.78 is 1.88. The van der Waals surface area contributed by atoms with E-state index in [0.29, 0.717) is 5.56 Å². The van der Waals surface area contributed by atoms with Crippen molar-refractivity contribution in [3.63, 3.8) is 0 Å². The van der Waals surface area contributed by atoms with Crippen LogP contribution in [0.1, 0.15) is 55.1 Å². The van der Waals surface area contributed by atoms with Crippen molar-refractivity contribution in [2.75, 3.05) is 0 Å². The monoisotopic (exact) mass is 220 g/mol. The van der Waals surface area contributed by atoms with E-state index in [1.165, 1.54) is 0 Å². The maximum Gasteiger partial charge on any atom is 0.153 e. The van der Waals surface area contributed by atoms with E-state index in [1.54, 1.807) is 0 Å². The molecule has 0 saturated carbocycles. The number of carbonyl (C=O) groups excluding carboxylic acids is 1. The molecule has 1 unspecified atom stereocenters. The van der Waals surface area contributed by atoms with E-state index in [-0.39, 0.29) is 5.92 Å². The molecule has 0 radical (unpaired) electrons. The zero-order valence-electron chi connectivity index (χ0n) is 10.1. The van der Waals surface area contributed by atoms with Gasteiger partial charge >= 0.3 is 0 Å². The molecule has 0 aliphatic rings. The molecule has 1 atom stereocenters. The van der Waals surface area contributed by atoms with Gasteiger partial charge in [0, 0.05) is 18.7 Å². The zero-order valence-corrected chi connectivity index (χ0v) is 10.1. The first kappa shape index (κ1) is 12.7. The fourth-order valence-corrected chi connectivity index (χ4v) is 1.72. The Bertz CT molecular complexity index is 355. The molecule has 0 aliphatic heterocycles. The first-order chi connectivity index (χ1) is 7.72. The van der Waals surface area contributed by atoms with Crippen LogP contribution in [0.25, 0.3) is 0 Å². The van der Waals surface area contributed by atoms with Gasteiger partial charge in [-0.1, -0.05) is 26.3 Å². The van der Waals surface area contributed by atoms with Gasteiger partial charge in [-0.05, 0) is 12.8 Å². The van der Waals surface area contributed by atoms with Crippen LogP contribution in [0.2, 0.25) is 0 Å². The van der Waals surface area contributed by atoms with Crippen molar-refractivity contribution in [3.8, 4) is 0 Å². The molecule has 1 aromatic rings. The Labute approximate surface area is 97.2 Å². The Morgan fingerprint density at radius 2 is 2.38 bits per heavy atom. The molecule has 3 heteroatoms. The number of nitrogens with zero attached hydrogens (tertiary/aromatic N) is 2. The standard InChI is InChI=1S/C13H20N2O/c1-4-6-8-15-9-12(10-16)13(14-15)11(3)7-5-2/h5,9-11H,2,4,6-8H2,1,3H3. The Hall–Kier alpha value is -1.38. The molecule has 0 bridgehead atoms. The molecule has 3 nitrogen and oxygen atoms in total. The molecule has 0 saturated heterocycles. The third kappa shape index (κ3) is 3.05. The smallest absolute Gasteiger partial charge is 0.153 e. The number of hydrogen-bond donors (Lipinski definition) is 0. The Balaban J connectivity index is 2.85. The van der Waals surface area contributed by atoms with Crippen LogP contribution in [-0.4, -0.2) is 16.1 Å². The lowest BCUT2D eigenvalue weighted by molar-refractivity contribution is 0.112. The van der Waals surface area contributed by atoms with Crippen LogP contribution in [0, 0.1) is 0 Å². The van der Waals surface area contributed by atoms with Gasteiger partial charge < -0.3 is 0 Å². The van der Waals surface area contributed by atoms with Gasteiger partial charge in [0.2, 0.25) is 0 Å². The average Bonchev–Trinajstić information content (AvgIpc) is 2.70. The van der Waals surface area contributed by atoms with Crippen molar-refractivity contribution in [2.45, 2.75) is 45.6 Å². The number of allylic oxidation sites excluding steroid dienone is 1. The molecule has 1 rings (SSSR count). The number of carbonyl (C=O) groups is 1.